The van der Waals surface area contributed by atoms with Crippen LogP contribution in [0.2, 0.25) is 0 Å². The number of nitrogens with one attached hydrogen (secondary N) is 22. The van der Waals surface area contributed by atoms with Crippen molar-refractivity contribution >= 4 is 136 Å². The second-order valence-electron chi connectivity index (χ2n) is 35.2. The fraction of sp³-hybridized carbons (Fsp3) is 0.607. The number of benzene rings is 2. The zero-order valence-electron chi connectivity index (χ0n) is 81.7. The maximum absolute atomic E-state index is 14.6. The van der Waals surface area contributed by atoms with Crippen LogP contribution < -0.4 is 123 Å². The quantitative estimate of drug-likeness (QED) is 0.0166. The third-order valence-electron chi connectivity index (χ3n) is 22.2. The van der Waals surface area contributed by atoms with E-state index in [0.29, 0.717) is 30.5 Å². The molecule has 20 amide bonds. The van der Waals surface area contributed by atoms with Crippen LogP contribution in [0, 0.1) is 23.2 Å². The van der Waals surface area contributed by atoms with E-state index in [4.69, 9.17) is 16.9 Å². The Morgan fingerprint density at radius 1 is 0.372 bits per heavy atom. The van der Waals surface area contributed by atoms with E-state index in [2.05, 4.69) is 112 Å². The maximum atomic E-state index is 14.6. The number of nitrogens with two attached hydrogens (primary N) is 2. The van der Waals surface area contributed by atoms with Crippen LogP contribution in [0.4, 0.5) is 0 Å². The highest BCUT2D eigenvalue weighted by molar-refractivity contribution is 6.02. The Morgan fingerprint density at radius 3 is 1.10 bits per heavy atom. The summed E-state index contributed by atoms with van der Waals surface area (Å²) in [6.45, 7) is 4.71. The lowest BCUT2D eigenvalue weighted by atomic mass is 9.97. The third kappa shape index (κ3) is 45.5. The summed E-state index contributed by atoms with van der Waals surface area (Å²) in [6, 6.07) is -13.3. The zero-order valence-corrected chi connectivity index (χ0v) is 81.7. The molecule has 56 heteroatoms. The van der Waals surface area contributed by atoms with E-state index in [0.717, 1.165) is 20.8 Å². The van der Waals surface area contributed by atoms with Crippen molar-refractivity contribution in [2.45, 2.75) is 260 Å². The summed E-state index contributed by atoms with van der Waals surface area (Å²) in [5.41, 5.74) is 11.7. The Balaban J connectivity index is 1.72. The molecule has 0 radical (unpaired) electrons. The fourth-order valence-electron chi connectivity index (χ4n) is 14.1. The van der Waals surface area contributed by atoms with E-state index in [9.17, 15) is 157 Å². The van der Waals surface area contributed by atoms with Crippen LogP contribution in [0.5, 0.6) is 0 Å². The lowest BCUT2D eigenvalue weighted by molar-refractivity contribution is -0.144. The van der Waals surface area contributed by atoms with Gasteiger partial charge in [-0.1, -0.05) is 109 Å². The van der Waals surface area contributed by atoms with E-state index in [1.165, 1.54) is 19.1 Å². The number of carbonyl (C=O) groups excluding carboxylic acids is 20. The van der Waals surface area contributed by atoms with E-state index in [-0.39, 0.29) is 51.0 Å². The van der Waals surface area contributed by atoms with Gasteiger partial charge in [0.15, 0.2) is 5.96 Å². The van der Waals surface area contributed by atoms with E-state index >= 15 is 0 Å². The largest absolute Gasteiger partial charge is 0.481 e. The first-order valence-electron chi connectivity index (χ1n) is 46.7. The predicted octanol–water partition coefficient (Wildman–Crippen LogP) is -14.3. The van der Waals surface area contributed by atoms with Gasteiger partial charge in [-0.05, 0) is 101 Å². The number of carbonyl (C=O) groups is 22. The molecule has 1 heterocycles. The van der Waals surface area contributed by atoms with Crippen LogP contribution in [-0.2, 0) is 118 Å². The zero-order chi connectivity index (χ0) is 109. The molecule has 0 aromatic heterocycles. The molecular formula is C89H140N24O32. The summed E-state index contributed by atoms with van der Waals surface area (Å²) in [5, 5.41) is 159. The molecule has 0 aliphatic carbocycles. The molecule has 1 aliphatic heterocycles. The number of hydrogen-bond donors (Lipinski definition) is 34. The standard InChI is InChI=1S/C89H140N24O32/c1-10-44(6)68(84(140)109-62(41-118)83(139)104-56(33-67(126)127)79(135)106-57(88(144)145)30-43(4)5)111-87(143)71(47(9)121)113-80(136)53(29-42(2)3)105-86(142)70(46(8)120)112-81(137)55(32-49-21-15-12-16-22-49)103-77(133)52(25-26-63(90)122)101-85(141)69(45(7)119)110-66(125)36-97-73(129)59(38-115)99-64(123)34-95-72(128)58(37-114)98-65(124)35-96-74(130)60(39-116)107-78(134)54(31-48-19-13-11-14-20-48)102-76(132)51(24-18-28-94-89(91)92)100-82(138)61(40-117)108-75(131)50-23-17-27-93-50/h11-16,19-22,42-47,50-62,68-71,93,114-121H,10,17-18,23-41H2,1-9H3,(H2,90,122)(H,95,128)(H,96,130)(H,97,129)(H,98,124)(H,99,123)(H,100,138)(H,101,141)(H,102,132)(H,103,133)(H,104,139)(H,105,142)(H,106,135)(H,107,134)(H,108,131)(H,109,140)(H,110,125)(H,111,143)(H,112,137)(H,113,136)(H,126,127)(H,144,145)(H4,91,92,94)/t44-,45+,46+,47+,50-,51-,52-,53-,54-,55-,56-,57-,58-,59-,60-,61-,62-,68-,69-,70-,71-/m0/s1. The fourth-order valence-corrected chi connectivity index (χ4v) is 14.1. The molecule has 0 spiro atoms. The van der Waals surface area contributed by atoms with Gasteiger partial charge in [-0.3, -0.25) is 106 Å². The van der Waals surface area contributed by atoms with Gasteiger partial charge in [0.05, 0.1) is 83.4 Å². The summed E-state index contributed by atoms with van der Waals surface area (Å²) < 4.78 is 0. The number of primary amides is 1. The highest BCUT2D eigenvalue weighted by Gasteiger charge is 2.42. The van der Waals surface area contributed by atoms with E-state index < -0.39 is 347 Å². The van der Waals surface area contributed by atoms with Gasteiger partial charge in [0.25, 0.3) is 0 Å². The molecule has 21 atom stereocenters. The van der Waals surface area contributed by atoms with Crippen LogP contribution in [0.25, 0.3) is 0 Å². The van der Waals surface area contributed by atoms with E-state index in [1.807, 2.05) is 0 Å². The van der Waals surface area contributed by atoms with Crippen molar-refractivity contribution in [1.82, 2.24) is 112 Å². The van der Waals surface area contributed by atoms with Gasteiger partial charge in [0.1, 0.15) is 96.7 Å². The summed E-state index contributed by atoms with van der Waals surface area (Å²) >= 11 is 0. The molecule has 2 aromatic carbocycles. The molecule has 1 fully saturated rings. The van der Waals surface area contributed by atoms with Crippen molar-refractivity contribution in [3.05, 3.63) is 71.8 Å². The molecule has 808 valence electrons. The maximum Gasteiger partial charge on any atom is 0.326 e. The van der Waals surface area contributed by atoms with Gasteiger partial charge in [0, 0.05) is 25.8 Å². The number of carboxylic acid groups (broad SMARTS) is 2. The van der Waals surface area contributed by atoms with Crippen LogP contribution in [0.1, 0.15) is 138 Å². The van der Waals surface area contributed by atoms with Crippen LogP contribution >= 0.6 is 0 Å². The van der Waals surface area contributed by atoms with Crippen LogP contribution in [0.15, 0.2) is 60.7 Å². The first-order chi connectivity index (χ1) is 68.3. The van der Waals surface area contributed by atoms with Crippen molar-refractivity contribution in [2.24, 2.45) is 29.2 Å². The van der Waals surface area contributed by atoms with Crippen LogP contribution in [0.3, 0.4) is 0 Å². The molecule has 56 nitrogen and oxygen atoms in total. The Labute approximate surface area is 833 Å². The van der Waals surface area contributed by atoms with E-state index in [1.54, 1.807) is 83.1 Å². The second-order valence-corrected chi connectivity index (χ2v) is 35.2. The van der Waals surface area contributed by atoms with Crippen molar-refractivity contribution in [3.63, 3.8) is 0 Å². The summed E-state index contributed by atoms with van der Waals surface area (Å²) in [5.74, 6) is -28.2. The molecule has 1 aliphatic rings. The SMILES string of the molecule is CC[C@H](C)[C@H](NC(=O)[C@@H](NC(=O)[C@H](CC(C)C)NC(=O)[C@@H](NC(=O)[C@H](Cc1ccccc1)NC(=O)[C@H](CCC(N)=O)NC(=O)[C@@H](NC(=O)CNC(=O)[C@H](CO)NC(=O)CNC(=O)[C@H](CO)NC(=O)CNC(=O)[C@H](CO)NC(=O)[C@H](Cc1ccccc1)NC(=O)[C@H](CCCNC(=N)N)NC(=O)[C@H](CO)NC(=O)[C@@H]1CCCN1)[C@@H](C)O)[C@@H](C)O)[C@@H](C)O)C(=O)N[C@@H](CO)C(=O)N[C@@H](CC(=O)O)C(=O)N[C@@H](CC(C)C)C(=O)O. The minimum absolute atomic E-state index is 0.0395. The Hall–Kier alpha value is -14.3. The number of carboxylic acids is 2. The monoisotopic (exact) mass is 2060 g/mol. The van der Waals surface area contributed by atoms with Gasteiger partial charge in [-0.2, -0.15) is 0 Å². The second kappa shape index (κ2) is 64.4. The average molecular weight is 2060 g/mol. The van der Waals surface area contributed by atoms with Gasteiger partial charge in [-0.15, -0.1) is 0 Å². The first-order valence-corrected chi connectivity index (χ1v) is 46.7. The smallest absolute Gasteiger partial charge is 0.326 e. The Kier molecular flexibility index (Phi) is 55.4. The molecule has 145 heavy (non-hydrogen) atoms. The third-order valence-corrected chi connectivity index (χ3v) is 22.2. The highest BCUT2D eigenvalue weighted by Crippen LogP contribution is 2.17. The molecule has 3 rings (SSSR count). The summed E-state index contributed by atoms with van der Waals surface area (Å²) in [4.78, 5) is 297. The Bertz CT molecular complexity index is 4730. The molecule has 36 N–H and O–H groups in total. The number of amides is 20. The molecule has 0 bridgehead atoms. The van der Waals surface area contributed by atoms with Crippen molar-refractivity contribution in [3.8, 4) is 0 Å². The predicted molar refractivity (Wildman–Crippen MR) is 508 cm³/mol. The van der Waals surface area contributed by atoms with Gasteiger partial charge >= 0.3 is 11.9 Å². The summed E-state index contributed by atoms with van der Waals surface area (Å²) in [7, 11) is 0. The summed E-state index contributed by atoms with van der Waals surface area (Å²) in [6.07, 6.45) is -7.64. The molecule has 1 saturated heterocycles. The molecule has 0 saturated carbocycles. The first kappa shape index (κ1) is 125. The van der Waals surface area contributed by atoms with Crippen molar-refractivity contribution < 1.29 is 157 Å². The number of hydrogen-bond acceptors (Lipinski definition) is 32. The van der Waals surface area contributed by atoms with Crippen molar-refractivity contribution in [1.29, 1.82) is 5.41 Å². The van der Waals surface area contributed by atoms with Crippen molar-refractivity contribution in [2.75, 3.05) is 65.8 Å². The lowest BCUT2D eigenvalue weighted by Gasteiger charge is -2.31. The van der Waals surface area contributed by atoms with Gasteiger partial charge in [-0.25, -0.2) is 4.79 Å². The minimum atomic E-state index is -2.02. The molecule has 2 aromatic rings. The molecular weight excluding hydrogens is 1920 g/mol. The minimum Gasteiger partial charge on any atom is -0.481 e. The number of aliphatic hydroxyl groups excluding tert-OH is 8. The highest BCUT2D eigenvalue weighted by atomic mass is 16.4. The number of guanidine groups is 1. The average Bonchev–Trinajstić information content (AvgIpc) is 1.36. The lowest BCUT2D eigenvalue weighted by Crippen LogP contribution is -2.64. The Morgan fingerprint density at radius 2 is 0.697 bits per heavy atom. The normalized spacial score (nSPS) is 16.3. The molecule has 0 unspecified atom stereocenters. The topological polar surface area (TPSA) is 906 Å². The van der Waals surface area contributed by atoms with Crippen LogP contribution in [-0.4, -0.2) is 374 Å². The van der Waals surface area contributed by atoms with Gasteiger partial charge < -0.3 is 174 Å². The number of aliphatic hydroxyl groups is 8. The number of aliphatic carboxylic acids is 2. The van der Waals surface area contributed by atoms with Gasteiger partial charge in [0.2, 0.25) is 118 Å². The number of rotatable bonds is 66.